The number of hydrogen-bond donors (Lipinski definition) is 4. The number of anilines is 8. The molecule has 0 saturated carbocycles. The van der Waals surface area contributed by atoms with E-state index in [0.717, 1.165) is 36.7 Å². The van der Waals surface area contributed by atoms with Crippen molar-refractivity contribution in [2.75, 3.05) is 203 Å². The van der Waals surface area contributed by atoms with Crippen LogP contribution < -0.4 is 40.9 Å². The Hall–Kier alpha value is -13.6. The summed E-state index contributed by atoms with van der Waals surface area (Å²) in [6, 6.07) is 33.3. The van der Waals surface area contributed by atoms with E-state index >= 15 is 0 Å². The van der Waals surface area contributed by atoms with Gasteiger partial charge in [0, 0.05) is 180 Å². The maximum absolute atomic E-state index is 12.6. The summed E-state index contributed by atoms with van der Waals surface area (Å²) in [5.41, 5.74) is 9.94. The van der Waals surface area contributed by atoms with Crippen molar-refractivity contribution >= 4 is 232 Å². The first-order valence-electron chi connectivity index (χ1n) is 43.4. The van der Waals surface area contributed by atoms with Crippen LogP contribution in [0.2, 0.25) is 0 Å². The third-order valence-corrected chi connectivity index (χ3v) is 24.2. The number of azo groups is 4. The van der Waals surface area contributed by atoms with Gasteiger partial charge in [0.15, 0.2) is 0 Å². The minimum atomic E-state index is -0.529. The molecule has 1 atom stereocenters. The van der Waals surface area contributed by atoms with Crippen molar-refractivity contribution in [1.82, 2.24) is 19.6 Å². The van der Waals surface area contributed by atoms with Crippen LogP contribution in [0.15, 0.2) is 174 Å². The van der Waals surface area contributed by atoms with Crippen molar-refractivity contribution in [2.24, 2.45) is 40.9 Å². The Labute approximate surface area is 841 Å². The monoisotopic (exact) mass is 2180 g/mol. The highest BCUT2D eigenvalue weighted by Crippen LogP contribution is 2.45. The van der Waals surface area contributed by atoms with E-state index in [1.165, 1.54) is 73.1 Å². The SMILES string of the molecule is CCN1C(=O)c2cc(C#N)c(N=Nc3ccc(N(CCOC)CCOC)cc3NC(C)=O)cc2C1=O.CCOC(=O)C(C)N(CC)c1ccc(N=Nc2cc3c(cc2Br)C(=O)N(C)C3=O)c(NC(C)=O)c1.COCCN(CCOC)c1ccc(N=Nc2c(Br)cc3c(c2Br)C(=O)N(C)C3=O)c(NC(C)=O)c1.COCCN(CCOC)c1ccc(N=Nc2cc3c(cc2Br)C(=O)N(C)C3=O)c(NC(C)=O)c1. The van der Waals surface area contributed by atoms with E-state index < -0.39 is 29.7 Å². The first kappa shape index (κ1) is 110. The lowest BCUT2D eigenvalue weighted by Crippen LogP contribution is -2.40. The zero-order valence-corrected chi connectivity index (χ0v) is 86.3. The minimum absolute atomic E-state index is 0.111. The van der Waals surface area contributed by atoms with Crippen LogP contribution in [-0.2, 0) is 57.1 Å². The number of amides is 12. The van der Waals surface area contributed by atoms with E-state index in [9.17, 15) is 67.6 Å². The van der Waals surface area contributed by atoms with Crippen LogP contribution >= 0.6 is 63.7 Å². The van der Waals surface area contributed by atoms with Crippen LogP contribution in [0, 0.1) is 11.3 Å². The normalized spacial score (nSPS) is 13.1. The van der Waals surface area contributed by atoms with Gasteiger partial charge < -0.3 is 74.0 Å². The lowest BCUT2D eigenvalue weighted by atomic mass is 10.0. The Morgan fingerprint density at radius 3 is 1.01 bits per heavy atom. The fourth-order valence-electron chi connectivity index (χ4n) is 14.4. The van der Waals surface area contributed by atoms with Gasteiger partial charge in [-0.3, -0.25) is 77.1 Å². The summed E-state index contributed by atoms with van der Waals surface area (Å²) in [5, 5.41) is 54.9. The van der Waals surface area contributed by atoms with Crippen LogP contribution in [-0.4, -0.2) is 265 Å². The highest BCUT2D eigenvalue weighted by Gasteiger charge is 2.40. The zero-order chi connectivity index (χ0) is 103. The lowest BCUT2D eigenvalue weighted by Gasteiger charge is -2.29. The molecule has 12 amide bonds. The number of carbonyl (C=O) groups is 13. The Morgan fingerprint density at radius 2 is 0.671 bits per heavy atom. The molecule has 8 aromatic carbocycles. The number of ether oxygens (including phenoxy) is 7. The van der Waals surface area contributed by atoms with Crippen molar-refractivity contribution in [2.45, 2.75) is 61.4 Å². The van der Waals surface area contributed by atoms with E-state index in [2.05, 4.69) is 141 Å². The molecule has 0 bridgehead atoms. The van der Waals surface area contributed by atoms with Gasteiger partial charge in [0.25, 0.3) is 47.3 Å². The third kappa shape index (κ3) is 27.3. The Morgan fingerprint density at radius 1 is 0.379 bits per heavy atom. The highest BCUT2D eigenvalue weighted by molar-refractivity contribution is 9.11. The molecule has 4 aliphatic rings. The molecule has 0 spiro atoms. The summed E-state index contributed by atoms with van der Waals surface area (Å²) >= 11 is 13.6. The van der Waals surface area contributed by atoms with Crippen molar-refractivity contribution in [1.29, 1.82) is 5.26 Å². The highest BCUT2D eigenvalue weighted by atomic mass is 79.9. The second-order valence-corrected chi connectivity index (χ2v) is 34.3. The van der Waals surface area contributed by atoms with E-state index in [4.69, 9.17) is 33.2 Å². The molecule has 0 aromatic heterocycles. The van der Waals surface area contributed by atoms with Gasteiger partial charge in [-0.05, 0) is 207 Å². The second-order valence-electron chi connectivity index (χ2n) is 31.0. The molecular weight excluding hydrogens is 2070 g/mol. The Balaban J connectivity index is 0.000000209. The van der Waals surface area contributed by atoms with Gasteiger partial charge in [-0.1, -0.05) is 0 Å². The number of nitriles is 1. The molecule has 1 unspecified atom stereocenters. The molecule has 12 rings (SSSR count). The first-order chi connectivity index (χ1) is 66.9. The largest absolute Gasteiger partial charge is 0.464 e. The summed E-state index contributed by atoms with van der Waals surface area (Å²) in [4.78, 5) is 171. The number of rotatable bonds is 39. The van der Waals surface area contributed by atoms with Crippen molar-refractivity contribution in [3.05, 3.63) is 183 Å². The fourth-order valence-corrected chi connectivity index (χ4v) is 16.7. The maximum atomic E-state index is 12.6. The second kappa shape index (κ2) is 51.9. The van der Waals surface area contributed by atoms with Crippen LogP contribution in [0.1, 0.15) is 144 Å². The molecule has 8 aromatic rings. The summed E-state index contributed by atoms with van der Waals surface area (Å²) < 4.78 is 38.2. The number of nitrogens with zero attached hydrogens (tertiary/aromatic N) is 17. The van der Waals surface area contributed by atoms with Crippen molar-refractivity contribution < 1.29 is 95.5 Å². The quantitative estimate of drug-likeness (QED) is 0.0158. The first-order valence-corrected chi connectivity index (χ1v) is 46.6. The molecule has 0 aliphatic carbocycles. The third-order valence-electron chi connectivity index (χ3n) is 21.6. The molecule has 738 valence electrons. The lowest BCUT2D eigenvalue weighted by molar-refractivity contribution is -0.144. The van der Waals surface area contributed by atoms with Crippen LogP contribution in [0.25, 0.3) is 0 Å². The number of esters is 1. The Bertz CT molecular complexity index is 6250. The fraction of sp³-hybridized carbons (Fsp3) is 0.347. The number of halogens is 4. The average molecular weight is 2180 g/mol. The van der Waals surface area contributed by atoms with Crippen molar-refractivity contribution in [3.8, 4) is 6.07 Å². The molecule has 0 radical (unpaired) electrons. The smallest absolute Gasteiger partial charge is 0.328 e. The van der Waals surface area contributed by atoms with Gasteiger partial charge in [0.1, 0.15) is 57.6 Å². The molecular formula is C95H105Br4N21O20. The van der Waals surface area contributed by atoms with Crippen molar-refractivity contribution in [3.63, 3.8) is 0 Å². The van der Waals surface area contributed by atoms with E-state index in [1.807, 2.05) is 48.2 Å². The van der Waals surface area contributed by atoms with Crippen LogP contribution in [0.5, 0.6) is 0 Å². The molecule has 0 fully saturated rings. The number of methoxy groups -OCH3 is 6. The number of imide groups is 4. The van der Waals surface area contributed by atoms with Gasteiger partial charge in [0.05, 0.1) is 124 Å². The molecule has 41 nitrogen and oxygen atoms in total. The van der Waals surface area contributed by atoms with Crippen LogP contribution in [0.3, 0.4) is 0 Å². The number of likely N-dealkylation sites (N-methyl/N-ethyl adjacent to an activating group) is 1. The number of nitrogens with one attached hydrogen (secondary N) is 4. The number of fused-ring (bicyclic) bond motifs is 4. The van der Waals surface area contributed by atoms with E-state index in [0.29, 0.717) is 183 Å². The topological polar surface area (TPSA) is 483 Å². The van der Waals surface area contributed by atoms with E-state index in [1.54, 1.807) is 124 Å². The Kier molecular flexibility index (Phi) is 40.8. The molecule has 4 heterocycles. The van der Waals surface area contributed by atoms with Gasteiger partial charge in [-0.2, -0.15) is 5.26 Å². The zero-order valence-electron chi connectivity index (χ0n) is 79.9. The van der Waals surface area contributed by atoms with Crippen LogP contribution in [0.4, 0.5) is 91.0 Å². The van der Waals surface area contributed by atoms with Gasteiger partial charge in [-0.25, -0.2) is 4.79 Å². The predicted octanol–water partition coefficient (Wildman–Crippen LogP) is 17.5. The van der Waals surface area contributed by atoms with Gasteiger partial charge in [-0.15, -0.1) is 40.9 Å². The maximum Gasteiger partial charge on any atom is 0.328 e. The molecule has 140 heavy (non-hydrogen) atoms. The average Bonchev–Trinajstić information content (AvgIpc) is 1.62. The predicted molar refractivity (Wildman–Crippen MR) is 538 cm³/mol. The van der Waals surface area contributed by atoms with Gasteiger partial charge in [0.2, 0.25) is 23.6 Å². The molecule has 4 aliphatic heterocycles. The summed E-state index contributed by atoms with van der Waals surface area (Å²) in [6.07, 6.45) is 0. The van der Waals surface area contributed by atoms with Gasteiger partial charge >= 0.3 is 5.97 Å². The van der Waals surface area contributed by atoms with E-state index in [-0.39, 0.29) is 111 Å². The molecule has 45 heteroatoms. The standard InChI is InChI=1S/C25H28N6O5.C24H26BrN5O5.C23H25Br2N5O5.C23H26BrN5O5/c1-5-31-24(33)19-12-17(15-26)22(14-20(19)25(31)34)29-28-21-7-6-18(13-23(21)27-16(2)32)30(8-10-35-3)9-11-36-4;1-6-30(13(3)24(34)35-7-2)15-8-9-19(21(10-15)26-14(4)31)27-28-20-12-17-16(11-18(20)25)22(32)29(5)23(17)33;1-13(31)26-18-11-14(30(7-9-34-3)8-10-35-4)5-6-17(18)27-28-21-16(24)12-15-19(20(21)25)23(33)29(2)22(15)32;1-14(30)25-21-11-15(29(7-9-33-3)8-10-34-4)5-6-19(21)26-27-20-13-17-16(12-18(20)24)22(31)28(2)23(17)32/h6-7,12-14H,5,8-11H2,1-4H3,(H,27,32);8-13H,6-7H2,1-5H3,(H,26,31);5-6,11-12H,7-10H2,1-4H3,(H,26,31);5-6,11-13H,7-10H2,1-4H3,(H,25,30). The summed E-state index contributed by atoms with van der Waals surface area (Å²) in [5.74, 6) is -4.66. The number of benzene rings is 8. The minimum Gasteiger partial charge on any atom is -0.464 e. The number of hydrogen-bond acceptors (Lipinski definition) is 33. The summed E-state index contributed by atoms with van der Waals surface area (Å²) in [6.45, 7) is 20.7. The summed E-state index contributed by atoms with van der Waals surface area (Å²) in [7, 11) is 14.1. The molecule has 0 saturated heterocycles. The number of carbonyl (C=O) groups excluding carboxylic acids is 13. The molecule has 4 N–H and O–H groups in total.